The summed E-state index contributed by atoms with van der Waals surface area (Å²) < 4.78 is 0. The van der Waals surface area contributed by atoms with Gasteiger partial charge in [0.1, 0.15) is 17.8 Å². The van der Waals surface area contributed by atoms with E-state index in [1.807, 2.05) is 60.7 Å². The minimum atomic E-state index is -1.67. The van der Waals surface area contributed by atoms with E-state index in [9.17, 15) is 24.4 Å². The van der Waals surface area contributed by atoms with Gasteiger partial charge in [0.05, 0.1) is 12.1 Å². The van der Waals surface area contributed by atoms with E-state index < -0.39 is 42.9 Å². The number of carbonyl (C=O) groups excluding carboxylic acids is 3. The lowest BCUT2D eigenvalue weighted by Crippen LogP contribution is -2.57. The Balaban J connectivity index is 1.57. The van der Waals surface area contributed by atoms with Crippen molar-refractivity contribution >= 4 is 24.8 Å². The Morgan fingerprint density at radius 1 is 0.921 bits per heavy atom. The molecule has 0 saturated carbocycles. The minimum absolute atomic E-state index is 0.0621. The molecule has 4 rings (SSSR count). The SMILES string of the molecule is O=C(N[C@@H](Cc1ccccc1)C(=O)N[C@@H](Cc1ccccc1)C(=O)N1CCC[C@H]1B(O)O)c1cnccn1. The van der Waals surface area contributed by atoms with Gasteiger partial charge >= 0.3 is 7.12 Å². The fraction of sp³-hybridized carbons (Fsp3) is 0.296. The Morgan fingerprint density at radius 3 is 2.13 bits per heavy atom. The van der Waals surface area contributed by atoms with Gasteiger partial charge in [0.15, 0.2) is 0 Å². The molecule has 1 aliphatic heterocycles. The number of amides is 3. The van der Waals surface area contributed by atoms with Gasteiger partial charge in [0, 0.05) is 31.8 Å². The molecule has 0 aliphatic carbocycles. The lowest BCUT2D eigenvalue weighted by molar-refractivity contribution is -0.136. The highest BCUT2D eigenvalue weighted by Gasteiger charge is 2.40. The van der Waals surface area contributed by atoms with E-state index in [2.05, 4.69) is 20.6 Å². The fourth-order valence-corrected chi connectivity index (χ4v) is 4.61. The van der Waals surface area contributed by atoms with Crippen molar-refractivity contribution in [2.75, 3.05) is 6.54 Å². The molecular formula is C27H30BN5O5. The number of benzene rings is 2. The number of nitrogens with one attached hydrogen (secondary N) is 2. The van der Waals surface area contributed by atoms with E-state index >= 15 is 0 Å². The summed E-state index contributed by atoms with van der Waals surface area (Å²) in [5.41, 5.74) is 1.71. The minimum Gasteiger partial charge on any atom is -0.426 e. The molecule has 4 N–H and O–H groups in total. The smallest absolute Gasteiger partial charge is 0.426 e. The van der Waals surface area contributed by atoms with Crippen LogP contribution in [0.3, 0.4) is 0 Å². The van der Waals surface area contributed by atoms with Crippen molar-refractivity contribution in [2.45, 2.75) is 43.7 Å². The van der Waals surface area contributed by atoms with Crippen LogP contribution in [0.5, 0.6) is 0 Å². The summed E-state index contributed by atoms with van der Waals surface area (Å²) in [6.45, 7) is 0.360. The van der Waals surface area contributed by atoms with Crippen LogP contribution >= 0.6 is 0 Å². The number of nitrogens with zero attached hydrogens (tertiary/aromatic N) is 3. The molecule has 11 heteroatoms. The Kier molecular flexibility index (Phi) is 9.18. The number of carbonyl (C=O) groups is 3. The first kappa shape index (κ1) is 27.0. The van der Waals surface area contributed by atoms with E-state index in [0.717, 1.165) is 11.1 Å². The molecule has 0 spiro atoms. The van der Waals surface area contributed by atoms with Gasteiger partial charge in [-0.25, -0.2) is 4.98 Å². The molecule has 0 unspecified atom stereocenters. The average Bonchev–Trinajstić information content (AvgIpc) is 3.44. The van der Waals surface area contributed by atoms with Crippen molar-refractivity contribution in [2.24, 2.45) is 0 Å². The van der Waals surface area contributed by atoms with Crippen molar-refractivity contribution in [3.05, 3.63) is 96.1 Å². The summed E-state index contributed by atoms with van der Waals surface area (Å²) in [6.07, 6.45) is 5.61. The van der Waals surface area contributed by atoms with Crippen LogP contribution in [0.1, 0.15) is 34.5 Å². The molecule has 1 aliphatic rings. The molecule has 1 aromatic heterocycles. The highest BCUT2D eigenvalue weighted by atomic mass is 16.4. The van der Waals surface area contributed by atoms with Crippen LogP contribution < -0.4 is 10.6 Å². The third kappa shape index (κ3) is 7.02. The van der Waals surface area contributed by atoms with E-state index in [1.54, 1.807) is 0 Å². The monoisotopic (exact) mass is 515 g/mol. The molecule has 38 heavy (non-hydrogen) atoms. The highest BCUT2D eigenvalue weighted by Crippen LogP contribution is 2.20. The first-order valence-corrected chi connectivity index (χ1v) is 12.5. The molecule has 2 aromatic carbocycles. The normalized spacial score (nSPS) is 16.4. The maximum Gasteiger partial charge on any atom is 0.475 e. The van der Waals surface area contributed by atoms with Gasteiger partial charge in [-0.05, 0) is 24.0 Å². The molecule has 196 valence electrons. The molecule has 3 atom stereocenters. The van der Waals surface area contributed by atoms with Gasteiger partial charge < -0.3 is 25.6 Å². The van der Waals surface area contributed by atoms with E-state index in [-0.39, 0.29) is 18.5 Å². The maximum absolute atomic E-state index is 13.6. The molecule has 0 bridgehead atoms. The summed E-state index contributed by atoms with van der Waals surface area (Å²) in [5, 5.41) is 25.2. The fourth-order valence-electron chi connectivity index (χ4n) is 4.61. The molecule has 1 saturated heterocycles. The zero-order valence-electron chi connectivity index (χ0n) is 20.8. The molecule has 1 fully saturated rings. The Morgan fingerprint density at radius 2 is 1.55 bits per heavy atom. The highest BCUT2D eigenvalue weighted by molar-refractivity contribution is 6.43. The summed E-state index contributed by atoms with van der Waals surface area (Å²) in [7, 11) is -1.67. The van der Waals surface area contributed by atoms with Crippen molar-refractivity contribution < 1.29 is 24.4 Å². The van der Waals surface area contributed by atoms with Crippen LogP contribution in [-0.2, 0) is 22.4 Å². The van der Waals surface area contributed by atoms with Gasteiger partial charge in [0.25, 0.3) is 5.91 Å². The second kappa shape index (κ2) is 12.9. The molecule has 10 nitrogen and oxygen atoms in total. The number of hydrogen-bond acceptors (Lipinski definition) is 7. The number of likely N-dealkylation sites (tertiary alicyclic amines) is 1. The van der Waals surface area contributed by atoms with Gasteiger partial charge in [-0.2, -0.15) is 0 Å². The molecular weight excluding hydrogens is 485 g/mol. The predicted octanol–water partition coefficient (Wildman–Crippen LogP) is 0.548. The Hall–Kier alpha value is -4.09. The van der Waals surface area contributed by atoms with Crippen LogP contribution in [-0.4, -0.2) is 74.3 Å². The Labute approximate surface area is 221 Å². The van der Waals surface area contributed by atoms with Crippen LogP contribution in [0.2, 0.25) is 0 Å². The molecule has 3 aromatic rings. The van der Waals surface area contributed by atoms with Crippen molar-refractivity contribution in [3.8, 4) is 0 Å². The van der Waals surface area contributed by atoms with Gasteiger partial charge in [-0.15, -0.1) is 0 Å². The van der Waals surface area contributed by atoms with Crippen molar-refractivity contribution in [1.82, 2.24) is 25.5 Å². The van der Waals surface area contributed by atoms with Gasteiger partial charge in [-0.3, -0.25) is 19.4 Å². The third-order valence-corrected chi connectivity index (χ3v) is 6.52. The zero-order chi connectivity index (χ0) is 26.9. The van der Waals surface area contributed by atoms with Crippen LogP contribution in [0.4, 0.5) is 0 Å². The molecule has 2 heterocycles. The lowest BCUT2D eigenvalue weighted by atomic mass is 9.77. The van der Waals surface area contributed by atoms with E-state index in [4.69, 9.17) is 0 Å². The maximum atomic E-state index is 13.6. The molecule has 0 radical (unpaired) electrons. The lowest BCUT2D eigenvalue weighted by Gasteiger charge is -2.30. The number of rotatable bonds is 10. The van der Waals surface area contributed by atoms with Crippen LogP contribution in [0.15, 0.2) is 79.3 Å². The van der Waals surface area contributed by atoms with Gasteiger partial charge in [0.2, 0.25) is 11.8 Å². The predicted molar refractivity (Wildman–Crippen MR) is 140 cm³/mol. The summed E-state index contributed by atoms with van der Waals surface area (Å²) >= 11 is 0. The van der Waals surface area contributed by atoms with Crippen LogP contribution in [0, 0.1) is 0 Å². The number of aromatic nitrogens is 2. The zero-order valence-corrected chi connectivity index (χ0v) is 20.8. The number of hydrogen-bond donors (Lipinski definition) is 4. The summed E-state index contributed by atoms with van der Waals surface area (Å²) in [4.78, 5) is 49.4. The van der Waals surface area contributed by atoms with Gasteiger partial charge in [-0.1, -0.05) is 60.7 Å². The van der Waals surface area contributed by atoms with Crippen molar-refractivity contribution in [1.29, 1.82) is 0 Å². The second-order valence-corrected chi connectivity index (χ2v) is 9.21. The second-order valence-electron chi connectivity index (χ2n) is 9.21. The summed E-state index contributed by atoms with van der Waals surface area (Å²) in [5.74, 6) is -2.26. The molecule has 3 amide bonds. The standard InChI is InChI=1S/C27H30BN5O5/c34-25(21(16-19-8-3-1-4-9-19)31-26(35)23-18-29-13-14-30-23)32-22(17-20-10-5-2-6-11-20)27(36)33-15-7-12-24(33)28(37)38/h1-6,8-11,13-14,18,21-22,24,37-38H,7,12,15-17H2,(H,31,35)(H,32,34)/t21-,22-,24-/m0/s1. The Bertz CT molecular complexity index is 1220. The summed E-state index contributed by atoms with van der Waals surface area (Å²) in [6, 6.07) is 16.5. The van der Waals surface area contributed by atoms with E-state index in [0.29, 0.717) is 19.4 Å². The quantitative estimate of drug-likeness (QED) is 0.289. The average molecular weight is 515 g/mol. The first-order valence-electron chi connectivity index (χ1n) is 12.5. The van der Waals surface area contributed by atoms with E-state index in [1.165, 1.54) is 23.5 Å². The largest absolute Gasteiger partial charge is 0.475 e. The van der Waals surface area contributed by atoms with Crippen LogP contribution in [0.25, 0.3) is 0 Å². The topological polar surface area (TPSA) is 145 Å². The first-order chi connectivity index (χ1) is 18.4. The van der Waals surface area contributed by atoms with Crippen molar-refractivity contribution in [3.63, 3.8) is 0 Å². The third-order valence-electron chi connectivity index (χ3n) is 6.52.